The van der Waals surface area contributed by atoms with E-state index in [-0.39, 0.29) is 17.9 Å². The summed E-state index contributed by atoms with van der Waals surface area (Å²) < 4.78 is 13.7. The van der Waals surface area contributed by atoms with E-state index in [1.807, 2.05) is 17.5 Å². The fraction of sp³-hybridized carbons (Fsp3) is 0.0769. The molecular weight excluding hydrogens is 309 g/mol. The molecule has 0 aliphatic rings. The highest BCUT2D eigenvalue weighted by Crippen LogP contribution is 2.27. The van der Waals surface area contributed by atoms with Gasteiger partial charge in [0.1, 0.15) is 11.5 Å². The third-order valence-electron chi connectivity index (χ3n) is 2.89. The molecule has 0 saturated heterocycles. The van der Waals surface area contributed by atoms with Gasteiger partial charge in [-0.15, -0.1) is 11.3 Å². The van der Waals surface area contributed by atoms with Gasteiger partial charge in [0.25, 0.3) is 5.69 Å². The third-order valence-corrected chi connectivity index (χ3v) is 3.76. The normalized spacial score (nSPS) is 10.6. The molecule has 0 aliphatic heterocycles. The van der Waals surface area contributed by atoms with Crippen LogP contribution in [0.15, 0.2) is 35.7 Å². The lowest BCUT2D eigenvalue weighted by molar-refractivity contribution is -0.384. The predicted molar refractivity (Wildman–Crippen MR) is 80.1 cm³/mol. The molecule has 9 heteroatoms. The van der Waals surface area contributed by atoms with Gasteiger partial charge in [-0.1, -0.05) is 12.1 Å². The van der Waals surface area contributed by atoms with Crippen LogP contribution in [-0.2, 0) is 6.54 Å². The number of nitro groups is 1. The summed E-state index contributed by atoms with van der Waals surface area (Å²) in [5.74, 6) is 0.308. The number of hydrogen-bond acceptors (Lipinski definition) is 6. The summed E-state index contributed by atoms with van der Waals surface area (Å²) in [6.07, 6.45) is 0. The minimum absolute atomic E-state index is 0.0974. The predicted octanol–water partition coefficient (Wildman–Crippen LogP) is 3.19. The summed E-state index contributed by atoms with van der Waals surface area (Å²) >= 11 is 1.50. The zero-order valence-electron chi connectivity index (χ0n) is 11.1. The van der Waals surface area contributed by atoms with Crippen molar-refractivity contribution in [3.8, 4) is 10.7 Å². The van der Waals surface area contributed by atoms with Gasteiger partial charge in [-0.3, -0.25) is 15.2 Å². The molecule has 2 heterocycles. The minimum Gasteiger partial charge on any atom is -0.370 e. The van der Waals surface area contributed by atoms with Gasteiger partial charge in [-0.25, -0.2) is 9.37 Å². The molecule has 2 aromatic heterocycles. The van der Waals surface area contributed by atoms with Gasteiger partial charge in [0.05, 0.1) is 16.3 Å². The number of benzene rings is 1. The molecule has 0 amide bonds. The number of rotatable bonds is 5. The van der Waals surface area contributed by atoms with E-state index in [1.165, 1.54) is 23.5 Å². The van der Waals surface area contributed by atoms with Crippen LogP contribution in [0.25, 0.3) is 10.7 Å². The Labute approximate surface area is 128 Å². The highest BCUT2D eigenvalue weighted by molar-refractivity contribution is 7.13. The van der Waals surface area contributed by atoms with Crippen molar-refractivity contribution in [2.24, 2.45) is 0 Å². The van der Waals surface area contributed by atoms with E-state index >= 15 is 0 Å². The zero-order chi connectivity index (χ0) is 15.5. The van der Waals surface area contributed by atoms with Gasteiger partial charge in [0, 0.05) is 6.07 Å². The lowest BCUT2D eigenvalue weighted by Gasteiger charge is -2.06. The molecule has 0 bridgehead atoms. The first-order chi connectivity index (χ1) is 10.6. The number of thiophene rings is 1. The number of para-hydroxylation sites is 1. The summed E-state index contributed by atoms with van der Waals surface area (Å²) in [7, 11) is 0. The second-order valence-corrected chi connectivity index (χ2v) is 5.28. The average Bonchev–Trinajstić information content (AvgIpc) is 3.16. The Morgan fingerprint density at radius 3 is 2.95 bits per heavy atom. The molecule has 0 unspecified atom stereocenters. The molecule has 3 aromatic rings. The Morgan fingerprint density at radius 1 is 1.36 bits per heavy atom. The summed E-state index contributed by atoms with van der Waals surface area (Å²) in [4.78, 5) is 15.4. The van der Waals surface area contributed by atoms with Crippen LogP contribution in [0.3, 0.4) is 0 Å². The summed E-state index contributed by atoms with van der Waals surface area (Å²) in [6.45, 7) is 0.0974. The average molecular weight is 319 g/mol. The number of nitrogens with one attached hydrogen (secondary N) is 2. The topological polar surface area (TPSA) is 96.7 Å². The molecular formula is C13H10FN5O2S. The molecule has 0 aliphatic carbocycles. The first-order valence-electron chi connectivity index (χ1n) is 6.27. The molecule has 0 fully saturated rings. The highest BCUT2D eigenvalue weighted by Gasteiger charge is 2.18. The lowest BCUT2D eigenvalue weighted by atomic mass is 10.2. The Balaban J connectivity index is 1.77. The number of nitro benzene ring substituents is 1. The molecule has 0 spiro atoms. The van der Waals surface area contributed by atoms with Crippen molar-refractivity contribution in [2.75, 3.05) is 5.32 Å². The Morgan fingerprint density at radius 2 is 2.23 bits per heavy atom. The van der Waals surface area contributed by atoms with Crippen molar-refractivity contribution in [1.29, 1.82) is 0 Å². The van der Waals surface area contributed by atoms with E-state index in [0.717, 1.165) is 10.9 Å². The quantitative estimate of drug-likeness (QED) is 0.556. The van der Waals surface area contributed by atoms with Crippen molar-refractivity contribution in [3.63, 3.8) is 0 Å². The minimum atomic E-state index is -0.688. The van der Waals surface area contributed by atoms with Crippen molar-refractivity contribution in [1.82, 2.24) is 15.2 Å². The van der Waals surface area contributed by atoms with E-state index in [1.54, 1.807) is 0 Å². The largest absolute Gasteiger partial charge is 0.370 e. The van der Waals surface area contributed by atoms with Crippen LogP contribution in [0.1, 0.15) is 5.82 Å². The number of hydrogen-bond donors (Lipinski definition) is 2. The molecule has 2 N–H and O–H groups in total. The maximum Gasteiger partial charge on any atom is 0.295 e. The van der Waals surface area contributed by atoms with Crippen LogP contribution in [0.2, 0.25) is 0 Å². The first kappa shape index (κ1) is 14.1. The highest BCUT2D eigenvalue weighted by atomic mass is 32.1. The fourth-order valence-electron chi connectivity index (χ4n) is 1.90. The fourth-order valence-corrected chi connectivity index (χ4v) is 2.56. The number of halogens is 1. The number of H-pyrrole nitrogens is 1. The second-order valence-electron chi connectivity index (χ2n) is 4.33. The van der Waals surface area contributed by atoms with Crippen molar-refractivity contribution in [2.45, 2.75) is 6.54 Å². The van der Waals surface area contributed by atoms with E-state index in [9.17, 15) is 14.5 Å². The SMILES string of the molecule is O=[N+]([O-])c1cccc(F)c1NCc1nc(-c2cccs2)n[nH]1. The second kappa shape index (κ2) is 5.90. The maximum absolute atomic E-state index is 13.7. The Bertz CT molecular complexity index is 803. The van der Waals surface area contributed by atoms with E-state index in [4.69, 9.17) is 0 Å². The van der Waals surface area contributed by atoms with Gasteiger partial charge >= 0.3 is 0 Å². The van der Waals surface area contributed by atoms with Gasteiger partial charge in [-0.2, -0.15) is 5.10 Å². The summed E-state index contributed by atoms with van der Waals surface area (Å²) in [6, 6.07) is 7.46. The molecule has 0 saturated carbocycles. The Hall–Kier alpha value is -2.81. The molecule has 1 aromatic carbocycles. The molecule has 7 nitrogen and oxygen atoms in total. The first-order valence-corrected chi connectivity index (χ1v) is 7.15. The van der Waals surface area contributed by atoms with Crippen molar-refractivity contribution >= 4 is 22.7 Å². The molecule has 22 heavy (non-hydrogen) atoms. The van der Waals surface area contributed by atoms with Crippen LogP contribution in [0.4, 0.5) is 15.8 Å². The Kier molecular flexibility index (Phi) is 3.79. The van der Waals surface area contributed by atoms with Crippen molar-refractivity contribution < 1.29 is 9.31 Å². The van der Waals surface area contributed by atoms with Crippen LogP contribution in [0.5, 0.6) is 0 Å². The molecule has 0 radical (unpaired) electrons. The lowest BCUT2D eigenvalue weighted by Crippen LogP contribution is -2.06. The molecule has 0 atom stereocenters. The molecule has 3 rings (SSSR count). The monoisotopic (exact) mass is 319 g/mol. The van der Waals surface area contributed by atoms with Gasteiger partial charge in [-0.05, 0) is 17.5 Å². The third kappa shape index (κ3) is 2.79. The number of aromatic amines is 1. The van der Waals surface area contributed by atoms with E-state index in [2.05, 4.69) is 20.5 Å². The standard InChI is InChI=1S/C13H10FN5O2S/c14-8-3-1-4-9(19(20)21)12(8)15-7-11-16-13(18-17-11)10-5-2-6-22-10/h1-6,15H,7H2,(H,16,17,18). The van der Waals surface area contributed by atoms with Crippen LogP contribution < -0.4 is 5.32 Å². The van der Waals surface area contributed by atoms with E-state index in [0.29, 0.717) is 11.6 Å². The number of aromatic nitrogens is 3. The van der Waals surface area contributed by atoms with Crippen molar-refractivity contribution in [3.05, 3.63) is 57.5 Å². The summed E-state index contributed by atoms with van der Waals surface area (Å²) in [5, 5.41) is 22.3. The maximum atomic E-state index is 13.7. The molecule has 112 valence electrons. The van der Waals surface area contributed by atoms with Crippen LogP contribution in [0, 0.1) is 15.9 Å². The summed E-state index contributed by atoms with van der Waals surface area (Å²) in [5.41, 5.74) is -0.487. The zero-order valence-corrected chi connectivity index (χ0v) is 11.9. The van der Waals surface area contributed by atoms with Crippen LogP contribution >= 0.6 is 11.3 Å². The smallest absolute Gasteiger partial charge is 0.295 e. The number of nitrogens with zero attached hydrogens (tertiary/aromatic N) is 3. The van der Waals surface area contributed by atoms with E-state index < -0.39 is 10.7 Å². The number of anilines is 1. The van der Waals surface area contributed by atoms with Crippen LogP contribution in [-0.4, -0.2) is 20.1 Å². The van der Waals surface area contributed by atoms with Gasteiger partial charge < -0.3 is 5.32 Å². The van der Waals surface area contributed by atoms with Gasteiger partial charge in [0.15, 0.2) is 11.6 Å². The van der Waals surface area contributed by atoms with Gasteiger partial charge in [0.2, 0.25) is 0 Å².